The third-order valence-electron chi connectivity index (χ3n) is 3.81. The average molecular weight is 348 g/mol. The van der Waals surface area contributed by atoms with E-state index in [0.717, 1.165) is 18.4 Å². The molecule has 140 valence electrons. The first-order valence-electron chi connectivity index (χ1n) is 8.84. The summed E-state index contributed by atoms with van der Waals surface area (Å²) in [6.45, 7) is 6.57. The highest BCUT2D eigenvalue weighted by atomic mass is 16.2. The summed E-state index contributed by atoms with van der Waals surface area (Å²) in [5, 5.41) is 6.13. The number of amides is 2. The molecule has 1 aromatic rings. The first-order valence-corrected chi connectivity index (χ1v) is 8.84. The highest BCUT2D eigenvalue weighted by Gasteiger charge is 2.27. The normalized spacial score (nSPS) is 13.9. The third kappa shape index (κ3) is 8.65. The summed E-state index contributed by atoms with van der Waals surface area (Å²) < 4.78 is 0. The van der Waals surface area contributed by atoms with Crippen molar-refractivity contribution in [3.05, 3.63) is 35.9 Å². The van der Waals surface area contributed by atoms with Crippen molar-refractivity contribution in [2.45, 2.75) is 64.1 Å². The topological polar surface area (TPSA) is 110 Å². The van der Waals surface area contributed by atoms with E-state index in [0.29, 0.717) is 19.4 Å². The second-order valence-electron chi connectivity index (χ2n) is 7.38. The summed E-state index contributed by atoms with van der Waals surface area (Å²) in [6, 6.07) is 8.68. The van der Waals surface area contributed by atoms with Crippen molar-refractivity contribution >= 4 is 11.8 Å². The van der Waals surface area contributed by atoms with Gasteiger partial charge in [-0.15, -0.1) is 0 Å². The van der Waals surface area contributed by atoms with Crippen LogP contribution >= 0.6 is 0 Å². The molecule has 0 fully saturated rings. The fraction of sp³-hybridized carbons (Fsp3) is 0.579. The molecule has 25 heavy (non-hydrogen) atoms. The van der Waals surface area contributed by atoms with E-state index in [4.69, 9.17) is 11.5 Å². The molecule has 0 heterocycles. The molecule has 0 saturated heterocycles. The van der Waals surface area contributed by atoms with Crippen LogP contribution in [0.25, 0.3) is 0 Å². The zero-order valence-corrected chi connectivity index (χ0v) is 15.5. The standard InChI is InChI=1S/C19H32N4O2/c1-19(2,3)23-16(13-14-9-5-4-6-10-14)18(25)22-15(17(21)24)11-7-8-12-20/h4-6,9-10,15-16,23H,7-8,11-13,20H2,1-3H3,(H2,21,24)(H,22,25)/t15-,16-/m0/s1. The lowest BCUT2D eigenvalue weighted by Crippen LogP contribution is -2.56. The summed E-state index contributed by atoms with van der Waals surface area (Å²) in [5.74, 6) is -0.727. The third-order valence-corrected chi connectivity index (χ3v) is 3.81. The minimum absolute atomic E-state index is 0.213. The first kappa shape index (κ1) is 21.1. The second-order valence-corrected chi connectivity index (χ2v) is 7.38. The number of nitrogens with one attached hydrogen (secondary N) is 2. The Hall–Kier alpha value is -1.92. The second kappa shape index (κ2) is 10.2. The van der Waals surface area contributed by atoms with Crippen LogP contribution in [0.3, 0.4) is 0 Å². The van der Waals surface area contributed by atoms with Gasteiger partial charge in [0.15, 0.2) is 0 Å². The molecule has 6 heteroatoms. The highest BCUT2D eigenvalue weighted by molar-refractivity contribution is 5.89. The van der Waals surface area contributed by atoms with Gasteiger partial charge in [0, 0.05) is 5.54 Å². The molecule has 0 bridgehead atoms. The predicted octanol–water partition coefficient (Wildman–Crippen LogP) is 1.08. The summed E-state index contributed by atoms with van der Waals surface area (Å²) >= 11 is 0. The molecule has 0 radical (unpaired) electrons. The maximum Gasteiger partial charge on any atom is 0.240 e. The monoisotopic (exact) mass is 348 g/mol. The number of benzene rings is 1. The van der Waals surface area contributed by atoms with Crippen LogP contribution in [-0.2, 0) is 16.0 Å². The Bertz CT molecular complexity index is 540. The number of nitrogens with two attached hydrogens (primary N) is 2. The lowest BCUT2D eigenvalue weighted by Gasteiger charge is -2.29. The largest absolute Gasteiger partial charge is 0.368 e. The molecular weight excluding hydrogens is 316 g/mol. The Morgan fingerprint density at radius 1 is 1.08 bits per heavy atom. The van der Waals surface area contributed by atoms with E-state index in [1.807, 2.05) is 51.1 Å². The van der Waals surface area contributed by atoms with Crippen molar-refractivity contribution in [3.8, 4) is 0 Å². The SMILES string of the molecule is CC(C)(C)N[C@@H](Cc1ccccc1)C(=O)N[C@@H](CCCCN)C(N)=O. The number of carbonyl (C=O) groups excluding carboxylic acids is 2. The Morgan fingerprint density at radius 2 is 1.72 bits per heavy atom. The summed E-state index contributed by atoms with van der Waals surface area (Å²) in [5.41, 5.74) is 11.7. The van der Waals surface area contributed by atoms with Gasteiger partial charge in [-0.2, -0.15) is 0 Å². The zero-order valence-electron chi connectivity index (χ0n) is 15.5. The summed E-state index contributed by atoms with van der Waals surface area (Å²) in [7, 11) is 0. The van der Waals surface area contributed by atoms with Crippen LogP contribution in [0.5, 0.6) is 0 Å². The Balaban J connectivity index is 2.80. The van der Waals surface area contributed by atoms with Gasteiger partial charge in [-0.25, -0.2) is 0 Å². The zero-order chi connectivity index (χ0) is 18.9. The highest BCUT2D eigenvalue weighted by Crippen LogP contribution is 2.09. The van der Waals surface area contributed by atoms with Gasteiger partial charge in [0.1, 0.15) is 6.04 Å². The van der Waals surface area contributed by atoms with Gasteiger partial charge in [0.2, 0.25) is 11.8 Å². The lowest BCUT2D eigenvalue weighted by molar-refractivity contribution is -0.129. The van der Waals surface area contributed by atoms with E-state index in [2.05, 4.69) is 10.6 Å². The molecular formula is C19H32N4O2. The minimum Gasteiger partial charge on any atom is -0.368 e. The first-order chi connectivity index (χ1) is 11.7. The van der Waals surface area contributed by atoms with Crippen molar-refractivity contribution < 1.29 is 9.59 Å². The van der Waals surface area contributed by atoms with Gasteiger partial charge >= 0.3 is 0 Å². The average Bonchev–Trinajstić information content (AvgIpc) is 2.53. The number of unbranched alkanes of at least 4 members (excludes halogenated alkanes) is 1. The van der Waals surface area contributed by atoms with Crippen molar-refractivity contribution in [1.82, 2.24) is 10.6 Å². The molecule has 0 spiro atoms. The van der Waals surface area contributed by atoms with Crippen molar-refractivity contribution in [1.29, 1.82) is 0 Å². The molecule has 1 aromatic carbocycles. The fourth-order valence-electron chi connectivity index (χ4n) is 2.63. The molecule has 0 aliphatic heterocycles. The van der Waals surface area contributed by atoms with E-state index in [-0.39, 0.29) is 11.4 Å². The van der Waals surface area contributed by atoms with E-state index in [1.165, 1.54) is 0 Å². The van der Waals surface area contributed by atoms with Gasteiger partial charge in [-0.3, -0.25) is 9.59 Å². The number of primary amides is 1. The van der Waals surface area contributed by atoms with Crippen LogP contribution in [0.2, 0.25) is 0 Å². The van der Waals surface area contributed by atoms with Crippen LogP contribution in [0.15, 0.2) is 30.3 Å². The summed E-state index contributed by atoms with van der Waals surface area (Å²) in [4.78, 5) is 24.4. The number of carbonyl (C=O) groups is 2. The van der Waals surface area contributed by atoms with Crippen LogP contribution in [0, 0.1) is 0 Å². The van der Waals surface area contributed by atoms with Crippen LogP contribution in [0.4, 0.5) is 0 Å². The molecule has 2 atom stereocenters. The molecule has 1 rings (SSSR count). The Kier molecular flexibility index (Phi) is 8.58. The molecule has 0 saturated carbocycles. The van der Waals surface area contributed by atoms with Crippen LogP contribution < -0.4 is 22.1 Å². The van der Waals surface area contributed by atoms with Gasteiger partial charge in [-0.05, 0) is 58.6 Å². The van der Waals surface area contributed by atoms with E-state index < -0.39 is 18.0 Å². The van der Waals surface area contributed by atoms with E-state index in [1.54, 1.807) is 0 Å². The molecule has 0 aliphatic carbocycles. The van der Waals surface area contributed by atoms with Gasteiger partial charge in [-0.1, -0.05) is 30.3 Å². The molecule has 2 amide bonds. The van der Waals surface area contributed by atoms with Crippen LogP contribution in [-0.4, -0.2) is 36.0 Å². The molecule has 6 N–H and O–H groups in total. The van der Waals surface area contributed by atoms with E-state index in [9.17, 15) is 9.59 Å². The predicted molar refractivity (Wildman–Crippen MR) is 101 cm³/mol. The quantitative estimate of drug-likeness (QED) is 0.474. The van der Waals surface area contributed by atoms with E-state index >= 15 is 0 Å². The molecule has 6 nitrogen and oxygen atoms in total. The molecule has 0 unspecified atom stereocenters. The Labute approximate surface area is 150 Å². The van der Waals surface area contributed by atoms with Crippen molar-refractivity contribution in [2.75, 3.05) is 6.54 Å². The van der Waals surface area contributed by atoms with Gasteiger partial charge in [0.05, 0.1) is 6.04 Å². The number of rotatable bonds is 10. The number of hydrogen-bond acceptors (Lipinski definition) is 4. The number of hydrogen-bond donors (Lipinski definition) is 4. The fourth-order valence-corrected chi connectivity index (χ4v) is 2.63. The molecule has 0 aromatic heterocycles. The maximum absolute atomic E-state index is 12.8. The van der Waals surface area contributed by atoms with Gasteiger partial charge in [0.25, 0.3) is 0 Å². The Morgan fingerprint density at radius 3 is 2.24 bits per heavy atom. The van der Waals surface area contributed by atoms with Crippen LogP contribution in [0.1, 0.15) is 45.6 Å². The van der Waals surface area contributed by atoms with Gasteiger partial charge < -0.3 is 22.1 Å². The summed E-state index contributed by atoms with van der Waals surface area (Å²) in [6.07, 6.45) is 2.60. The van der Waals surface area contributed by atoms with Crippen molar-refractivity contribution in [2.24, 2.45) is 11.5 Å². The van der Waals surface area contributed by atoms with Crippen molar-refractivity contribution in [3.63, 3.8) is 0 Å². The lowest BCUT2D eigenvalue weighted by atomic mass is 10.00. The minimum atomic E-state index is -0.668. The maximum atomic E-state index is 12.8. The molecule has 0 aliphatic rings. The smallest absolute Gasteiger partial charge is 0.240 e.